The van der Waals surface area contributed by atoms with Crippen molar-refractivity contribution in [2.24, 2.45) is 5.92 Å². The van der Waals surface area contributed by atoms with Gasteiger partial charge in [0.25, 0.3) is 5.56 Å². The molecule has 0 bridgehead atoms. The van der Waals surface area contributed by atoms with Gasteiger partial charge in [-0.1, -0.05) is 43.1 Å². The Morgan fingerprint density at radius 3 is 2.54 bits per heavy atom. The molecule has 6 nitrogen and oxygen atoms in total. The summed E-state index contributed by atoms with van der Waals surface area (Å²) in [5, 5.41) is 15.1. The van der Waals surface area contributed by atoms with E-state index >= 15 is 0 Å². The monoisotopic (exact) mass is 435 g/mol. The Kier molecular flexibility index (Phi) is 6.17. The fraction of sp³-hybridized carbons (Fsp3) is 0.263. The van der Waals surface area contributed by atoms with Gasteiger partial charge in [0.2, 0.25) is 0 Å². The van der Waals surface area contributed by atoms with Crippen LogP contribution in [0.2, 0.25) is 10.0 Å². The van der Waals surface area contributed by atoms with Gasteiger partial charge in [0, 0.05) is 11.8 Å². The number of nitrogens with one attached hydrogen (secondary N) is 3. The lowest BCUT2D eigenvalue weighted by molar-refractivity contribution is 0.865. The predicted molar refractivity (Wildman–Crippen MR) is 116 cm³/mol. The summed E-state index contributed by atoms with van der Waals surface area (Å²) >= 11 is 14.1. The number of nitrogens with zero attached hydrogens (tertiary/aromatic N) is 2. The molecule has 0 aliphatic rings. The van der Waals surface area contributed by atoms with Crippen LogP contribution in [0.25, 0.3) is 0 Å². The Bertz CT molecular complexity index is 1070. The smallest absolute Gasteiger partial charge is 0.262 e. The number of aromatic amines is 1. The molecule has 2 heterocycles. The van der Waals surface area contributed by atoms with Crippen LogP contribution in [0.3, 0.4) is 0 Å². The third-order valence-electron chi connectivity index (χ3n) is 4.04. The van der Waals surface area contributed by atoms with Crippen molar-refractivity contribution in [3.05, 3.63) is 66.1 Å². The van der Waals surface area contributed by atoms with Gasteiger partial charge >= 0.3 is 0 Å². The molecule has 2 aromatic heterocycles. The zero-order chi connectivity index (χ0) is 20.4. The minimum absolute atomic E-state index is 0.155. The third kappa shape index (κ3) is 4.43. The van der Waals surface area contributed by atoms with E-state index in [1.165, 1.54) is 11.3 Å². The molecule has 0 spiro atoms. The van der Waals surface area contributed by atoms with Gasteiger partial charge in [-0.15, -0.1) is 11.3 Å². The van der Waals surface area contributed by atoms with Crippen LogP contribution in [0, 0.1) is 18.3 Å². The first-order chi connectivity index (χ1) is 13.3. The molecule has 146 valence electrons. The molecule has 0 saturated carbocycles. The number of benzene rings is 1. The number of thiazole rings is 1. The summed E-state index contributed by atoms with van der Waals surface area (Å²) in [5.74, 6) is 0.540. The van der Waals surface area contributed by atoms with E-state index in [9.17, 15) is 4.79 Å². The normalized spacial score (nSPS) is 11.1. The van der Waals surface area contributed by atoms with Crippen LogP contribution in [-0.2, 0) is 6.42 Å². The zero-order valence-electron chi connectivity index (χ0n) is 15.6. The van der Waals surface area contributed by atoms with E-state index in [4.69, 9.17) is 28.6 Å². The number of para-hydroxylation sites is 1. The maximum absolute atomic E-state index is 12.8. The molecule has 0 saturated heterocycles. The molecule has 0 aliphatic carbocycles. The van der Waals surface area contributed by atoms with Crippen molar-refractivity contribution < 1.29 is 0 Å². The lowest BCUT2D eigenvalue weighted by atomic mass is 10.0. The fourth-order valence-corrected chi connectivity index (χ4v) is 3.73. The average Bonchev–Trinajstić information content (AvgIpc) is 3.02. The van der Waals surface area contributed by atoms with Gasteiger partial charge < -0.3 is 15.7 Å². The molecule has 0 fully saturated rings. The second-order valence-electron chi connectivity index (χ2n) is 6.56. The zero-order valence-corrected chi connectivity index (χ0v) is 17.9. The maximum atomic E-state index is 12.8. The summed E-state index contributed by atoms with van der Waals surface area (Å²) in [6.07, 6.45) is 0.375. The molecular weight excluding hydrogens is 417 g/mol. The predicted octanol–water partition coefficient (Wildman–Crippen LogP) is 5.20. The highest BCUT2D eigenvalue weighted by atomic mass is 35.5. The first-order valence-corrected chi connectivity index (χ1v) is 10.2. The van der Waals surface area contributed by atoms with Crippen LogP contribution in [0.5, 0.6) is 0 Å². The van der Waals surface area contributed by atoms with Gasteiger partial charge in [-0.3, -0.25) is 4.79 Å². The van der Waals surface area contributed by atoms with Crippen molar-refractivity contribution >= 4 is 51.8 Å². The summed E-state index contributed by atoms with van der Waals surface area (Å²) in [5.41, 5.74) is 1.22. The third-order valence-corrected chi connectivity index (χ3v) is 5.49. The van der Waals surface area contributed by atoms with Crippen LogP contribution in [-0.4, -0.2) is 20.7 Å². The number of hydrogen-bond donors (Lipinski definition) is 3. The molecule has 28 heavy (non-hydrogen) atoms. The minimum atomic E-state index is -0.388. The fourth-order valence-electron chi connectivity index (χ4n) is 2.63. The summed E-state index contributed by atoms with van der Waals surface area (Å²) in [6.45, 7) is 5.61. The molecular formula is C19H19Cl2N5OS. The molecule has 1 aromatic carbocycles. The number of aryl methyl sites for hydroxylation is 1. The van der Waals surface area contributed by atoms with E-state index in [1.54, 1.807) is 18.2 Å². The molecule has 0 atom stereocenters. The number of anilines is 2. The lowest BCUT2D eigenvalue weighted by Crippen LogP contribution is -2.26. The molecule has 3 N–H and O–H groups in total. The van der Waals surface area contributed by atoms with Gasteiger partial charge in [0.15, 0.2) is 0 Å². The van der Waals surface area contributed by atoms with E-state index in [2.05, 4.69) is 20.3 Å². The molecule has 0 aliphatic heterocycles. The second-order valence-corrected chi connectivity index (χ2v) is 8.44. The number of halogens is 2. The quantitative estimate of drug-likeness (QED) is 0.463. The first kappa shape index (κ1) is 20.5. The summed E-state index contributed by atoms with van der Waals surface area (Å²) in [7, 11) is 0. The Labute approximate surface area is 176 Å². The number of hydrogen-bond acceptors (Lipinski definition) is 6. The van der Waals surface area contributed by atoms with Crippen LogP contribution in [0.1, 0.15) is 35.9 Å². The van der Waals surface area contributed by atoms with E-state index in [0.717, 1.165) is 10.7 Å². The van der Waals surface area contributed by atoms with E-state index in [1.807, 2.05) is 26.2 Å². The Morgan fingerprint density at radius 1 is 1.29 bits per heavy atom. The van der Waals surface area contributed by atoms with Crippen molar-refractivity contribution in [2.75, 3.05) is 5.32 Å². The first-order valence-electron chi connectivity index (χ1n) is 8.60. The van der Waals surface area contributed by atoms with Gasteiger partial charge in [-0.25, -0.2) is 9.97 Å². The SMILES string of the molecule is Cc1nc(Cc2nc(Nc3c(Cl)cccc3Cl)c(C(=N)C(C)C)c(=O)[nH]2)cs1. The second kappa shape index (κ2) is 8.43. The van der Waals surface area contributed by atoms with Gasteiger partial charge in [0.1, 0.15) is 17.2 Å². The summed E-state index contributed by atoms with van der Waals surface area (Å²) in [4.78, 5) is 24.6. The Morgan fingerprint density at radius 2 is 1.96 bits per heavy atom. The average molecular weight is 436 g/mol. The van der Waals surface area contributed by atoms with Gasteiger partial charge in [0.05, 0.1) is 32.1 Å². The Balaban J connectivity index is 2.10. The molecule has 9 heteroatoms. The molecule has 0 radical (unpaired) electrons. The van der Waals surface area contributed by atoms with E-state index in [-0.39, 0.29) is 28.6 Å². The van der Waals surface area contributed by atoms with Crippen molar-refractivity contribution in [3.63, 3.8) is 0 Å². The summed E-state index contributed by atoms with van der Waals surface area (Å²) in [6, 6.07) is 5.11. The van der Waals surface area contributed by atoms with E-state index < -0.39 is 0 Å². The van der Waals surface area contributed by atoms with Crippen molar-refractivity contribution in [2.45, 2.75) is 27.2 Å². The van der Waals surface area contributed by atoms with Crippen LogP contribution < -0.4 is 10.9 Å². The maximum Gasteiger partial charge on any atom is 0.262 e. The minimum Gasteiger partial charge on any atom is -0.337 e. The van der Waals surface area contributed by atoms with Crippen LogP contribution in [0.4, 0.5) is 11.5 Å². The highest BCUT2D eigenvalue weighted by Gasteiger charge is 2.20. The Hall–Kier alpha value is -2.22. The largest absolute Gasteiger partial charge is 0.337 e. The van der Waals surface area contributed by atoms with Crippen LogP contribution in [0.15, 0.2) is 28.4 Å². The van der Waals surface area contributed by atoms with Gasteiger partial charge in [-0.2, -0.15) is 0 Å². The molecule has 0 unspecified atom stereocenters. The lowest BCUT2D eigenvalue weighted by Gasteiger charge is -2.16. The molecule has 0 amide bonds. The standard InChI is InChI=1S/C19H19Cl2N5OS/c1-9(2)16(22)15-18(26-17-12(20)5-4-6-13(17)21)24-14(25-19(15)27)7-11-8-28-10(3)23-11/h4-6,8-9,22H,7H2,1-3H3,(H2,24,25,26,27). The van der Waals surface area contributed by atoms with Gasteiger partial charge in [-0.05, 0) is 25.0 Å². The van der Waals surface area contributed by atoms with Crippen LogP contribution >= 0.6 is 34.5 Å². The van der Waals surface area contributed by atoms with Crippen molar-refractivity contribution in [1.82, 2.24) is 15.0 Å². The number of aromatic nitrogens is 3. The number of rotatable bonds is 6. The van der Waals surface area contributed by atoms with Crippen molar-refractivity contribution in [3.8, 4) is 0 Å². The number of H-pyrrole nitrogens is 1. The van der Waals surface area contributed by atoms with Crippen molar-refractivity contribution in [1.29, 1.82) is 5.41 Å². The summed E-state index contributed by atoms with van der Waals surface area (Å²) < 4.78 is 0. The van der Waals surface area contributed by atoms with E-state index in [0.29, 0.717) is 28.0 Å². The highest BCUT2D eigenvalue weighted by Crippen LogP contribution is 2.33. The molecule has 3 aromatic rings. The highest BCUT2D eigenvalue weighted by molar-refractivity contribution is 7.09. The molecule has 3 rings (SSSR count). The topological polar surface area (TPSA) is 94.5 Å².